The quantitative estimate of drug-likeness (QED) is 0.649. The molecule has 0 bridgehead atoms. The number of rotatable bonds is 4. The first-order valence-corrected chi connectivity index (χ1v) is 8.82. The summed E-state index contributed by atoms with van der Waals surface area (Å²) in [5, 5.41) is 0. The van der Waals surface area contributed by atoms with E-state index in [-0.39, 0.29) is 0 Å². The molecule has 1 aliphatic heterocycles. The molecule has 2 nitrogen and oxygen atoms in total. The summed E-state index contributed by atoms with van der Waals surface area (Å²) in [6.07, 6.45) is 1.02. The van der Waals surface area contributed by atoms with E-state index in [1.54, 1.807) is 0 Å². The lowest BCUT2D eigenvalue weighted by molar-refractivity contribution is 0.412. The van der Waals surface area contributed by atoms with Crippen molar-refractivity contribution in [1.82, 2.24) is 4.90 Å². The lowest BCUT2D eigenvalue weighted by Crippen LogP contribution is -2.35. The van der Waals surface area contributed by atoms with Crippen LogP contribution in [0.2, 0.25) is 0 Å². The minimum atomic E-state index is 0.912. The van der Waals surface area contributed by atoms with Crippen molar-refractivity contribution in [2.45, 2.75) is 19.9 Å². The molecule has 0 spiro atoms. The van der Waals surface area contributed by atoms with E-state index in [0.717, 1.165) is 31.0 Å². The van der Waals surface area contributed by atoms with Gasteiger partial charge in [-0.2, -0.15) is 0 Å². The molecule has 0 atom stereocenters. The molecule has 2 heteroatoms. The monoisotopic (exact) mass is 326 g/mol. The minimum absolute atomic E-state index is 0.912. The zero-order valence-electron chi connectivity index (χ0n) is 14.5. The highest BCUT2D eigenvalue weighted by Crippen LogP contribution is 2.28. The number of benzene rings is 3. The van der Waals surface area contributed by atoms with Gasteiger partial charge in [0.1, 0.15) is 5.84 Å². The van der Waals surface area contributed by atoms with Crippen LogP contribution < -0.4 is 0 Å². The molecule has 0 radical (unpaired) electrons. The van der Waals surface area contributed by atoms with Crippen molar-refractivity contribution in [3.05, 3.63) is 101 Å². The van der Waals surface area contributed by atoms with Crippen molar-refractivity contribution in [1.29, 1.82) is 0 Å². The lowest BCUT2D eigenvalue weighted by Gasteiger charge is -2.31. The third-order valence-electron chi connectivity index (χ3n) is 4.67. The Morgan fingerprint density at radius 3 is 2.52 bits per heavy atom. The average molecular weight is 326 g/mol. The van der Waals surface area contributed by atoms with Crippen LogP contribution in [0.25, 0.3) is 0 Å². The molecule has 25 heavy (non-hydrogen) atoms. The first kappa shape index (κ1) is 15.6. The van der Waals surface area contributed by atoms with Crippen LogP contribution >= 0.6 is 0 Å². The van der Waals surface area contributed by atoms with Crippen molar-refractivity contribution in [3.8, 4) is 0 Å². The molecule has 0 unspecified atom stereocenters. The Bertz CT molecular complexity index is 897. The van der Waals surface area contributed by atoms with Gasteiger partial charge in [0.15, 0.2) is 0 Å². The van der Waals surface area contributed by atoms with Crippen molar-refractivity contribution >= 4 is 11.5 Å². The number of aryl methyl sites for hydroxylation is 1. The number of para-hydroxylation sites is 1. The van der Waals surface area contributed by atoms with Crippen molar-refractivity contribution in [2.75, 3.05) is 6.54 Å². The van der Waals surface area contributed by atoms with Crippen LogP contribution in [0.3, 0.4) is 0 Å². The van der Waals surface area contributed by atoms with Gasteiger partial charge in [-0.15, -0.1) is 0 Å². The second-order valence-corrected chi connectivity index (χ2v) is 6.59. The Kier molecular flexibility index (Phi) is 4.34. The molecule has 0 saturated heterocycles. The highest BCUT2D eigenvalue weighted by atomic mass is 15.2. The van der Waals surface area contributed by atoms with Crippen LogP contribution in [0, 0.1) is 6.92 Å². The molecule has 3 aromatic carbocycles. The van der Waals surface area contributed by atoms with Gasteiger partial charge in [0.05, 0.1) is 5.69 Å². The van der Waals surface area contributed by atoms with E-state index < -0.39 is 0 Å². The topological polar surface area (TPSA) is 15.6 Å². The van der Waals surface area contributed by atoms with E-state index in [1.165, 1.54) is 22.3 Å². The SMILES string of the molecule is Cc1cccc(C2=Nc3ccccc3CN2CCc2ccccc2)c1. The molecule has 0 N–H and O–H groups in total. The van der Waals surface area contributed by atoms with Crippen molar-refractivity contribution < 1.29 is 0 Å². The van der Waals surface area contributed by atoms with E-state index in [0.29, 0.717) is 0 Å². The van der Waals surface area contributed by atoms with E-state index in [1.807, 2.05) is 0 Å². The second-order valence-electron chi connectivity index (χ2n) is 6.59. The van der Waals surface area contributed by atoms with Gasteiger partial charge >= 0.3 is 0 Å². The van der Waals surface area contributed by atoms with Gasteiger partial charge in [-0.1, -0.05) is 72.3 Å². The summed E-state index contributed by atoms with van der Waals surface area (Å²) >= 11 is 0. The first-order valence-electron chi connectivity index (χ1n) is 8.82. The zero-order chi connectivity index (χ0) is 17.1. The Balaban J connectivity index is 1.66. The van der Waals surface area contributed by atoms with Gasteiger partial charge in [-0.05, 0) is 36.6 Å². The van der Waals surface area contributed by atoms with Gasteiger partial charge < -0.3 is 4.90 Å². The van der Waals surface area contributed by atoms with Crippen LogP contribution in [0.1, 0.15) is 22.3 Å². The Morgan fingerprint density at radius 1 is 0.880 bits per heavy atom. The third kappa shape index (κ3) is 3.48. The molecule has 4 rings (SSSR count). The van der Waals surface area contributed by atoms with Gasteiger partial charge in [-0.3, -0.25) is 0 Å². The predicted molar refractivity (Wildman–Crippen MR) is 104 cm³/mol. The van der Waals surface area contributed by atoms with Gasteiger partial charge in [-0.25, -0.2) is 4.99 Å². The number of amidine groups is 1. The highest BCUT2D eigenvalue weighted by Gasteiger charge is 2.20. The number of hydrogen-bond acceptors (Lipinski definition) is 2. The van der Waals surface area contributed by atoms with E-state index in [9.17, 15) is 0 Å². The number of nitrogens with zero attached hydrogens (tertiary/aromatic N) is 2. The van der Waals surface area contributed by atoms with Gasteiger partial charge in [0, 0.05) is 18.7 Å². The minimum Gasteiger partial charge on any atom is -0.351 e. The number of hydrogen-bond donors (Lipinski definition) is 0. The molecule has 1 aliphatic rings. The molecular weight excluding hydrogens is 304 g/mol. The molecule has 0 fully saturated rings. The Morgan fingerprint density at radius 2 is 1.68 bits per heavy atom. The maximum Gasteiger partial charge on any atom is 0.136 e. The third-order valence-corrected chi connectivity index (χ3v) is 4.67. The number of aliphatic imine (C=N–C) groups is 1. The normalized spacial score (nSPS) is 13.3. The maximum absolute atomic E-state index is 4.99. The molecule has 0 saturated carbocycles. The largest absolute Gasteiger partial charge is 0.351 e. The average Bonchev–Trinajstić information content (AvgIpc) is 2.66. The first-order chi connectivity index (χ1) is 12.3. The summed E-state index contributed by atoms with van der Waals surface area (Å²) in [5.74, 6) is 1.08. The predicted octanol–water partition coefficient (Wildman–Crippen LogP) is 5.13. The second kappa shape index (κ2) is 6.94. The summed E-state index contributed by atoms with van der Waals surface area (Å²) in [6, 6.07) is 27.8. The van der Waals surface area contributed by atoms with E-state index in [4.69, 9.17) is 4.99 Å². The fourth-order valence-electron chi connectivity index (χ4n) is 3.34. The van der Waals surface area contributed by atoms with Gasteiger partial charge in [0.25, 0.3) is 0 Å². The van der Waals surface area contributed by atoms with Crippen LogP contribution in [0.5, 0.6) is 0 Å². The van der Waals surface area contributed by atoms with Crippen LogP contribution in [0.15, 0.2) is 83.9 Å². The number of fused-ring (bicyclic) bond motifs is 1. The molecule has 0 amide bonds. The lowest BCUT2D eigenvalue weighted by atomic mass is 10.0. The maximum atomic E-state index is 4.99. The van der Waals surface area contributed by atoms with Gasteiger partial charge in [0.2, 0.25) is 0 Å². The molecular formula is C23H22N2. The fourth-order valence-corrected chi connectivity index (χ4v) is 3.34. The summed E-state index contributed by atoms with van der Waals surface area (Å²) in [7, 11) is 0. The highest BCUT2D eigenvalue weighted by molar-refractivity contribution is 6.01. The van der Waals surface area contributed by atoms with E-state index in [2.05, 4.69) is 90.7 Å². The Hall–Kier alpha value is -2.87. The van der Waals surface area contributed by atoms with Crippen molar-refractivity contribution in [2.24, 2.45) is 4.99 Å². The summed E-state index contributed by atoms with van der Waals surface area (Å²) in [5.41, 5.74) is 6.22. The van der Waals surface area contributed by atoms with Crippen LogP contribution in [-0.2, 0) is 13.0 Å². The fraction of sp³-hybridized carbons (Fsp3) is 0.174. The Labute approximate surface area is 149 Å². The molecule has 0 aromatic heterocycles. The smallest absolute Gasteiger partial charge is 0.136 e. The van der Waals surface area contributed by atoms with E-state index >= 15 is 0 Å². The standard InChI is InChI=1S/C23H22N2/c1-18-8-7-12-20(16-18)23-24-22-13-6-5-11-21(22)17-25(23)15-14-19-9-3-2-4-10-19/h2-13,16H,14-15,17H2,1H3. The zero-order valence-corrected chi connectivity index (χ0v) is 14.5. The summed E-state index contributed by atoms with van der Waals surface area (Å²) < 4.78 is 0. The summed E-state index contributed by atoms with van der Waals surface area (Å²) in [6.45, 7) is 4.01. The molecule has 1 heterocycles. The summed E-state index contributed by atoms with van der Waals surface area (Å²) in [4.78, 5) is 7.40. The van der Waals surface area contributed by atoms with Crippen LogP contribution in [-0.4, -0.2) is 17.3 Å². The van der Waals surface area contributed by atoms with Crippen LogP contribution in [0.4, 0.5) is 5.69 Å². The molecule has 124 valence electrons. The molecule has 3 aromatic rings. The molecule has 0 aliphatic carbocycles. The van der Waals surface area contributed by atoms with Crippen molar-refractivity contribution in [3.63, 3.8) is 0 Å².